The van der Waals surface area contributed by atoms with Gasteiger partial charge in [0.15, 0.2) is 0 Å². The number of anilines is 2. The van der Waals surface area contributed by atoms with Crippen LogP contribution in [0.1, 0.15) is 161 Å². The molecule has 4 fully saturated rings. The number of amides is 2. The second-order valence-electron chi connectivity index (χ2n) is 27.1. The van der Waals surface area contributed by atoms with Gasteiger partial charge in [0.05, 0.1) is 32.9 Å². The van der Waals surface area contributed by atoms with Gasteiger partial charge in [-0.3, -0.25) is 24.2 Å². The summed E-state index contributed by atoms with van der Waals surface area (Å²) >= 11 is 3.14. The maximum absolute atomic E-state index is 13.8. The quantitative estimate of drug-likeness (QED) is 0.0207. The number of aromatic nitrogens is 4. The number of rotatable bonds is 15. The number of hydrogen-bond acceptors (Lipinski definition) is 19. The molecule has 23 nitrogen and oxygen atoms in total. The number of hydrogen-bond donors (Lipinski definition) is 0. The first-order valence-electron chi connectivity index (χ1n) is 33.0. The molecule has 0 aromatic carbocycles. The van der Waals surface area contributed by atoms with Crippen molar-refractivity contribution in [2.24, 2.45) is 9.98 Å². The van der Waals surface area contributed by atoms with Crippen LogP contribution in [0.2, 0.25) is 0 Å². The number of piperidine rings is 1. The summed E-state index contributed by atoms with van der Waals surface area (Å²) in [5, 5.41) is 2.63. The molecule has 6 aliphatic rings. The third kappa shape index (κ3) is 18.4. The van der Waals surface area contributed by atoms with E-state index in [1.807, 2.05) is 84.4 Å². The van der Waals surface area contributed by atoms with Gasteiger partial charge in [0, 0.05) is 110 Å². The molecular formula is C70H96N16O7S2. The molecular weight excluding hydrogens is 1240 g/mol. The molecule has 0 radical (unpaired) electrons. The van der Waals surface area contributed by atoms with Crippen LogP contribution < -0.4 is 19.3 Å². The van der Waals surface area contributed by atoms with E-state index in [0.29, 0.717) is 54.4 Å². The van der Waals surface area contributed by atoms with Crippen molar-refractivity contribution < 1.29 is 33.4 Å². The number of aliphatic imine (C=N–C) groups is 2. The SMILES string of the molecule is CON(C)C(=O)c1cc(N2CCCCC2)nc(O[C@@H](C)[C@@H]2CCCN2C)n1.[C-]#[N+]c1c(N=CN(C)C)sc2c1[C@@](C)(C#C)CCC2.[C-]#[N+]c1c(N=CN(C)C)sc2c1[C@@](C)(C#CC(=O)c1cc(N3CCN(C(=O)OC(C)(C)C)CC3)nc(O[C@@H](C)[C@@H]3CCCN3C)n1)CCC2. The molecule has 510 valence electrons. The first kappa shape index (κ1) is 72.9. The lowest BCUT2D eigenvalue weighted by Crippen LogP contribution is -2.50. The van der Waals surface area contributed by atoms with E-state index < -0.39 is 16.8 Å². The van der Waals surface area contributed by atoms with E-state index in [4.69, 9.17) is 43.6 Å². The molecule has 0 spiro atoms. The molecule has 0 N–H and O–H groups in total. The number of hydroxylamine groups is 2. The average Bonchev–Trinajstić information content (AvgIpc) is 1.64. The van der Waals surface area contributed by atoms with E-state index >= 15 is 0 Å². The van der Waals surface area contributed by atoms with Gasteiger partial charge >= 0.3 is 18.1 Å². The number of carbonyl (C=O) groups excluding carboxylic acids is 3. The second kappa shape index (κ2) is 32.2. The van der Waals surface area contributed by atoms with Crippen LogP contribution in [-0.2, 0) is 33.2 Å². The van der Waals surface area contributed by atoms with Crippen LogP contribution in [0.15, 0.2) is 22.1 Å². The summed E-state index contributed by atoms with van der Waals surface area (Å²) in [6, 6.07) is 4.36. The molecule has 0 bridgehead atoms. The normalized spacial score (nSPS) is 21.8. The molecule has 2 aliphatic carbocycles. The van der Waals surface area contributed by atoms with Crippen molar-refractivity contribution in [1.29, 1.82) is 0 Å². The number of likely N-dealkylation sites (tertiary alicyclic amines) is 2. The van der Waals surface area contributed by atoms with Gasteiger partial charge in [-0.05, 0) is 186 Å². The monoisotopic (exact) mass is 1340 g/mol. The number of fused-ring (bicyclic) bond motifs is 2. The molecule has 95 heavy (non-hydrogen) atoms. The first-order valence-corrected chi connectivity index (χ1v) is 34.7. The summed E-state index contributed by atoms with van der Waals surface area (Å²) in [6.07, 6.45) is 22.0. The molecule has 10 rings (SSSR count). The number of ether oxygens (including phenoxy) is 3. The summed E-state index contributed by atoms with van der Waals surface area (Å²) in [4.78, 5) is 95.6. The summed E-state index contributed by atoms with van der Waals surface area (Å²) in [6.45, 7) is 35.0. The lowest BCUT2D eigenvalue weighted by atomic mass is 9.74. The summed E-state index contributed by atoms with van der Waals surface area (Å²) in [5.74, 6) is 9.61. The van der Waals surface area contributed by atoms with Crippen molar-refractivity contribution in [2.45, 2.75) is 173 Å². The van der Waals surface area contributed by atoms with Crippen LogP contribution in [0.4, 0.5) is 37.8 Å². The van der Waals surface area contributed by atoms with E-state index in [-0.39, 0.29) is 59.1 Å². The minimum Gasteiger partial charge on any atom is -0.459 e. The lowest BCUT2D eigenvalue weighted by Gasteiger charge is -2.36. The van der Waals surface area contributed by atoms with Crippen molar-refractivity contribution in [2.75, 3.05) is 119 Å². The Kier molecular flexibility index (Phi) is 24.7. The fourth-order valence-corrected chi connectivity index (χ4v) is 15.4. The van der Waals surface area contributed by atoms with Gasteiger partial charge in [0.1, 0.15) is 50.8 Å². The number of likely N-dealkylation sites (N-methyl/N-ethyl adjacent to an activating group) is 2. The van der Waals surface area contributed by atoms with Gasteiger partial charge < -0.3 is 38.7 Å². The highest BCUT2D eigenvalue weighted by atomic mass is 32.1. The number of carbonyl (C=O) groups is 3. The standard InChI is InChI=1S/C36H48N8O4S.C19H31N5O3.C15H17N3S/c1-24(26-12-11-17-42(26)9)47-33-39-25(22-29(40-33)43-18-20-44(21-19-43)34(46)48-35(2,3)4)27(45)14-16-36(5)15-10-13-28-30(36)31(37-6)32(49-28)38-23-41(7)8;1-14(16-9-8-10-22(16)2)27-19-20-15(18(25)23(3)26-4)13-17(21-19)24-11-6-5-7-12-24;1-6-15(2)9-7-8-11-12(15)13(16-3)14(19-11)17-10-18(4)5/h22-24,26H,10-13,15,17-21H2,1-5,7-9H3;13-14,16H,5-12H2,1-4H3;1,10H,7-9H2,2,4-5H3/t24-,26-,36+;14-,16-;15-/m000/s1. The topological polar surface area (TPSA) is 199 Å². The minimum atomic E-state index is -0.680. The van der Waals surface area contributed by atoms with Crippen molar-refractivity contribution in [3.63, 3.8) is 0 Å². The van der Waals surface area contributed by atoms with Crippen molar-refractivity contribution in [3.8, 4) is 36.2 Å². The number of aryl methyl sites for hydroxylation is 2. The highest BCUT2D eigenvalue weighted by molar-refractivity contribution is 7.17. The van der Waals surface area contributed by atoms with Crippen LogP contribution in [0, 0.1) is 37.3 Å². The number of terminal acetylenes is 1. The Labute approximate surface area is 570 Å². The van der Waals surface area contributed by atoms with Gasteiger partial charge in [-0.15, -0.1) is 29.1 Å². The van der Waals surface area contributed by atoms with Gasteiger partial charge in [-0.2, -0.15) is 19.9 Å². The maximum atomic E-state index is 13.8. The number of ketones is 1. The third-order valence-corrected chi connectivity index (χ3v) is 20.4. The van der Waals surface area contributed by atoms with E-state index in [1.54, 1.807) is 48.1 Å². The highest BCUT2D eigenvalue weighted by Gasteiger charge is 2.39. The summed E-state index contributed by atoms with van der Waals surface area (Å²) < 4.78 is 18.0. The Morgan fingerprint density at radius 1 is 0.695 bits per heavy atom. The highest BCUT2D eigenvalue weighted by Crippen LogP contribution is 2.53. The van der Waals surface area contributed by atoms with Crippen LogP contribution >= 0.6 is 22.7 Å². The molecule has 4 aliphatic heterocycles. The second-order valence-corrected chi connectivity index (χ2v) is 29.3. The van der Waals surface area contributed by atoms with E-state index in [9.17, 15) is 14.4 Å². The van der Waals surface area contributed by atoms with Crippen LogP contribution in [0.5, 0.6) is 12.0 Å². The maximum Gasteiger partial charge on any atom is 0.410 e. The lowest BCUT2D eigenvalue weighted by molar-refractivity contribution is -0.0761. The number of piperazine rings is 1. The molecule has 8 heterocycles. The van der Waals surface area contributed by atoms with Crippen molar-refractivity contribution >= 4 is 86.1 Å². The first-order chi connectivity index (χ1) is 45.2. The Morgan fingerprint density at radius 3 is 1.62 bits per heavy atom. The van der Waals surface area contributed by atoms with Crippen molar-refractivity contribution in [3.05, 3.63) is 67.2 Å². The van der Waals surface area contributed by atoms with Gasteiger partial charge in [-0.1, -0.05) is 11.8 Å². The Hall–Kier alpha value is -7.91. The average molecular weight is 1340 g/mol. The molecule has 4 saturated heterocycles. The van der Waals surface area contributed by atoms with Gasteiger partial charge in [-0.25, -0.2) is 29.5 Å². The molecule has 4 aromatic rings. The van der Waals surface area contributed by atoms with E-state index in [1.165, 1.54) is 41.2 Å². The van der Waals surface area contributed by atoms with Crippen LogP contribution in [0.3, 0.4) is 0 Å². The number of Topliss-reactive ketones (excluding diaryl/α,β-unsaturated/α-hetero) is 1. The minimum absolute atomic E-state index is 0.0442. The molecule has 6 atom stereocenters. The Bertz CT molecular complexity index is 3630. The summed E-state index contributed by atoms with van der Waals surface area (Å²) in [7, 11) is 14.9. The molecule has 25 heteroatoms. The number of nitrogens with zero attached hydrogens (tertiary/aromatic N) is 16. The summed E-state index contributed by atoms with van der Waals surface area (Å²) in [5.41, 5.74) is 1.97. The predicted octanol–water partition coefficient (Wildman–Crippen LogP) is 11.4. The fourth-order valence-electron chi connectivity index (χ4n) is 12.9. The fraction of sp³-hybridized carbons (Fsp3) is 0.614. The van der Waals surface area contributed by atoms with E-state index in [0.717, 1.165) is 124 Å². The van der Waals surface area contributed by atoms with E-state index in [2.05, 4.69) is 88.1 Å². The third-order valence-electron chi connectivity index (χ3n) is 18.1. The molecule has 2 amide bonds. The molecule has 0 saturated carbocycles. The zero-order chi connectivity index (χ0) is 68.9. The Balaban J connectivity index is 0.000000209. The zero-order valence-electron chi connectivity index (χ0n) is 58.4. The number of thiophene rings is 2. The predicted molar refractivity (Wildman–Crippen MR) is 377 cm³/mol. The van der Waals surface area contributed by atoms with Crippen LogP contribution in [-0.4, -0.2) is 219 Å². The largest absolute Gasteiger partial charge is 0.459 e. The van der Waals surface area contributed by atoms with Crippen molar-refractivity contribution in [1.82, 2.24) is 49.5 Å². The Morgan fingerprint density at radius 2 is 1.17 bits per heavy atom. The van der Waals surface area contributed by atoms with Gasteiger partial charge in [0.2, 0.25) is 11.4 Å². The van der Waals surface area contributed by atoms with Gasteiger partial charge in [0.25, 0.3) is 11.7 Å². The smallest absolute Gasteiger partial charge is 0.410 e. The molecule has 0 unspecified atom stereocenters. The van der Waals surface area contributed by atoms with Crippen LogP contribution in [0.25, 0.3) is 9.69 Å². The molecule has 4 aromatic heterocycles. The zero-order valence-corrected chi connectivity index (χ0v) is 60.0.